The molecule has 6 heteroatoms. The highest BCUT2D eigenvalue weighted by molar-refractivity contribution is 5.78. The molecule has 0 aromatic heterocycles. The average Bonchev–Trinajstić information content (AvgIpc) is 2.61. The van der Waals surface area contributed by atoms with Crippen LogP contribution >= 0.6 is 0 Å². The van der Waals surface area contributed by atoms with Crippen molar-refractivity contribution < 1.29 is 14.3 Å². The van der Waals surface area contributed by atoms with Gasteiger partial charge in [-0.3, -0.25) is 9.79 Å². The van der Waals surface area contributed by atoms with Crippen molar-refractivity contribution in [3.63, 3.8) is 0 Å². The van der Waals surface area contributed by atoms with E-state index in [0.29, 0.717) is 38.7 Å². The summed E-state index contributed by atoms with van der Waals surface area (Å²) < 4.78 is 10.5. The predicted molar refractivity (Wildman–Crippen MR) is 89.0 cm³/mol. The van der Waals surface area contributed by atoms with Gasteiger partial charge in [0, 0.05) is 26.1 Å². The highest BCUT2D eigenvalue weighted by atomic mass is 16.5. The zero-order valence-corrected chi connectivity index (χ0v) is 13.4. The van der Waals surface area contributed by atoms with Crippen molar-refractivity contribution in [1.29, 1.82) is 0 Å². The van der Waals surface area contributed by atoms with Gasteiger partial charge in [-0.2, -0.15) is 0 Å². The Hall–Kier alpha value is -2.08. The number of guanidine groups is 1. The van der Waals surface area contributed by atoms with Crippen molar-refractivity contribution in [1.82, 2.24) is 4.90 Å². The van der Waals surface area contributed by atoms with Gasteiger partial charge in [0.05, 0.1) is 13.2 Å². The maximum Gasteiger partial charge on any atom is 0.306 e. The van der Waals surface area contributed by atoms with Gasteiger partial charge in [0.15, 0.2) is 5.96 Å². The summed E-state index contributed by atoms with van der Waals surface area (Å²) in [5.74, 6) is 0.402. The summed E-state index contributed by atoms with van der Waals surface area (Å²) in [5, 5.41) is 0. The molecule has 6 nitrogen and oxygen atoms in total. The molecule has 1 aromatic rings. The summed E-state index contributed by atoms with van der Waals surface area (Å²) in [4.78, 5) is 18.0. The lowest BCUT2D eigenvalue weighted by molar-refractivity contribution is -0.145. The third kappa shape index (κ3) is 6.69. The molecular formula is C17H25N3O3. The normalized spacial score (nSPS) is 15.5. The Morgan fingerprint density at radius 2 is 1.96 bits per heavy atom. The fourth-order valence-corrected chi connectivity index (χ4v) is 2.28. The first-order valence-electron chi connectivity index (χ1n) is 8.08. The van der Waals surface area contributed by atoms with Gasteiger partial charge in [-0.1, -0.05) is 30.3 Å². The molecule has 0 aliphatic carbocycles. The van der Waals surface area contributed by atoms with E-state index in [1.54, 1.807) is 0 Å². The Labute approximate surface area is 137 Å². The summed E-state index contributed by atoms with van der Waals surface area (Å²) in [5.41, 5.74) is 6.93. The van der Waals surface area contributed by atoms with Crippen LogP contribution in [-0.2, 0) is 20.9 Å². The minimum atomic E-state index is -0.168. The molecule has 1 heterocycles. The van der Waals surface area contributed by atoms with Gasteiger partial charge in [-0.25, -0.2) is 0 Å². The Bertz CT molecular complexity index is 499. The second kappa shape index (κ2) is 9.84. The number of hydrogen-bond donors (Lipinski definition) is 1. The molecule has 23 heavy (non-hydrogen) atoms. The number of nitrogens with two attached hydrogens (primary N) is 1. The smallest absolute Gasteiger partial charge is 0.306 e. The maximum absolute atomic E-state index is 11.7. The number of ether oxygens (including phenoxy) is 2. The van der Waals surface area contributed by atoms with Crippen LogP contribution in [0.25, 0.3) is 0 Å². The maximum atomic E-state index is 11.7. The third-order valence-corrected chi connectivity index (χ3v) is 3.64. The number of hydrogen-bond acceptors (Lipinski definition) is 4. The minimum Gasteiger partial charge on any atom is -0.461 e. The second-order valence-corrected chi connectivity index (χ2v) is 5.44. The first kappa shape index (κ1) is 17.3. The molecule has 0 atom stereocenters. The molecule has 0 spiro atoms. The lowest BCUT2D eigenvalue weighted by Gasteiger charge is -2.27. The van der Waals surface area contributed by atoms with Crippen molar-refractivity contribution in [2.24, 2.45) is 10.7 Å². The number of rotatable bonds is 7. The van der Waals surface area contributed by atoms with E-state index in [2.05, 4.69) is 4.99 Å². The summed E-state index contributed by atoms with van der Waals surface area (Å²) in [6, 6.07) is 9.68. The molecule has 0 radical (unpaired) electrons. The molecule has 1 aliphatic rings. The van der Waals surface area contributed by atoms with Crippen LogP contribution in [0.1, 0.15) is 24.8 Å². The van der Waals surface area contributed by atoms with Gasteiger partial charge in [-0.05, 0) is 18.4 Å². The molecule has 126 valence electrons. The van der Waals surface area contributed by atoms with Crippen molar-refractivity contribution >= 4 is 11.9 Å². The van der Waals surface area contributed by atoms with Crippen LogP contribution in [0.5, 0.6) is 0 Å². The molecular weight excluding hydrogens is 294 g/mol. The van der Waals surface area contributed by atoms with Crippen molar-refractivity contribution in [2.45, 2.75) is 25.9 Å². The summed E-state index contributed by atoms with van der Waals surface area (Å²) >= 11 is 0. The SMILES string of the molecule is NC(=NCCCCC(=O)OCc1ccccc1)N1CCOCC1. The van der Waals surface area contributed by atoms with Crippen LogP contribution in [0, 0.1) is 0 Å². The number of morpholine rings is 1. The minimum absolute atomic E-state index is 0.168. The van der Waals surface area contributed by atoms with E-state index in [0.717, 1.165) is 31.5 Å². The molecule has 0 bridgehead atoms. The van der Waals surface area contributed by atoms with Crippen LogP contribution in [0.15, 0.2) is 35.3 Å². The van der Waals surface area contributed by atoms with Gasteiger partial charge >= 0.3 is 5.97 Å². The van der Waals surface area contributed by atoms with Crippen molar-refractivity contribution in [3.8, 4) is 0 Å². The van der Waals surface area contributed by atoms with E-state index in [9.17, 15) is 4.79 Å². The zero-order valence-electron chi connectivity index (χ0n) is 13.4. The molecule has 1 aromatic carbocycles. The van der Waals surface area contributed by atoms with Crippen molar-refractivity contribution in [3.05, 3.63) is 35.9 Å². The Kier molecular flexibility index (Phi) is 7.39. The number of unbranched alkanes of at least 4 members (excludes halogenated alkanes) is 1. The van der Waals surface area contributed by atoms with E-state index in [-0.39, 0.29) is 5.97 Å². The standard InChI is InChI=1S/C17H25N3O3/c18-17(20-10-12-22-13-11-20)19-9-5-4-8-16(21)23-14-15-6-2-1-3-7-15/h1-3,6-7H,4-5,8-14H2,(H2,18,19). The van der Waals surface area contributed by atoms with Gasteiger partial charge in [0.25, 0.3) is 0 Å². The summed E-state index contributed by atoms with van der Waals surface area (Å²) in [7, 11) is 0. The van der Waals surface area contributed by atoms with Crippen LogP contribution < -0.4 is 5.73 Å². The highest BCUT2D eigenvalue weighted by Gasteiger charge is 2.11. The summed E-state index contributed by atoms with van der Waals surface area (Å²) in [6.45, 7) is 3.95. The summed E-state index contributed by atoms with van der Waals surface area (Å²) in [6.07, 6.45) is 2.00. The lowest BCUT2D eigenvalue weighted by Crippen LogP contribution is -2.44. The molecule has 1 aliphatic heterocycles. The van der Waals surface area contributed by atoms with Gasteiger partial charge in [0.2, 0.25) is 0 Å². The van der Waals surface area contributed by atoms with Crippen LogP contribution in [0.3, 0.4) is 0 Å². The zero-order chi connectivity index (χ0) is 16.3. The monoisotopic (exact) mass is 319 g/mol. The molecule has 0 unspecified atom stereocenters. The first-order chi connectivity index (χ1) is 11.3. The van der Waals surface area contributed by atoms with Gasteiger partial charge in [0.1, 0.15) is 6.61 Å². The Morgan fingerprint density at radius 3 is 2.70 bits per heavy atom. The van der Waals surface area contributed by atoms with Crippen LogP contribution in [-0.4, -0.2) is 49.7 Å². The predicted octanol–water partition coefficient (Wildman–Crippen LogP) is 1.55. The van der Waals surface area contributed by atoms with Crippen LogP contribution in [0.2, 0.25) is 0 Å². The highest BCUT2D eigenvalue weighted by Crippen LogP contribution is 2.04. The van der Waals surface area contributed by atoms with E-state index >= 15 is 0 Å². The number of esters is 1. The molecule has 1 saturated heterocycles. The fraction of sp³-hybridized carbons (Fsp3) is 0.529. The number of nitrogens with zero attached hydrogens (tertiary/aromatic N) is 2. The van der Waals surface area contributed by atoms with E-state index < -0.39 is 0 Å². The van der Waals surface area contributed by atoms with E-state index in [1.807, 2.05) is 35.2 Å². The topological polar surface area (TPSA) is 77.1 Å². The average molecular weight is 319 g/mol. The number of aliphatic imine (C=N–C) groups is 1. The first-order valence-corrected chi connectivity index (χ1v) is 8.08. The quantitative estimate of drug-likeness (QED) is 0.357. The van der Waals surface area contributed by atoms with Crippen LogP contribution in [0.4, 0.5) is 0 Å². The number of carbonyl (C=O) groups is 1. The van der Waals surface area contributed by atoms with Crippen molar-refractivity contribution in [2.75, 3.05) is 32.8 Å². The molecule has 2 N–H and O–H groups in total. The number of carbonyl (C=O) groups excluding carboxylic acids is 1. The third-order valence-electron chi connectivity index (χ3n) is 3.64. The fourth-order valence-electron chi connectivity index (χ4n) is 2.28. The Balaban J connectivity index is 1.55. The number of benzene rings is 1. The lowest BCUT2D eigenvalue weighted by atomic mass is 10.2. The Morgan fingerprint density at radius 1 is 1.22 bits per heavy atom. The molecule has 1 fully saturated rings. The van der Waals surface area contributed by atoms with E-state index in [1.165, 1.54) is 0 Å². The molecule has 0 saturated carbocycles. The second-order valence-electron chi connectivity index (χ2n) is 5.44. The van der Waals surface area contributed by atoms with Gasteiger partial charge < -0.3 is 20.1 Å². The van der Waals surface area contributed by atoms with Gasteiger partial charge in [-0.15, -0.1) is 0 Å². The molecule has 0 amide bonds. The molecule has 2 rings (SSSR count). The van der Waals surface area contributed by atoms with E-state index in [4.69, 9.17) is 15.2 Å². The largest absolute Gasteiger partial charge is 0.461 e.